The van der Waals surface area contributed by atoms with Gasteiger partial charge >= 0.3 is 0 Å². The van der Waals surface area contributed by atoms with Crippen LogP contribution in [0.4, 0.5) is 5.69 Å². The Balaban J connectivity index is 2.48. The van der Waals surface area contributed by atoms with Gasteiger partial charge in [0.05, 0.1) is 39.0 Å². The normalized spacial score (nSPS) is 11.0. The number of rotatable bonds is 14. The van der Waals surface area contributed by atoms with Gasteiger partial charge in [-0.2, -0.15) is 0 Å². The third-order valence-electron chi connectivity index (χ3n) is 4.88. The number of nitrogens with one attached hydrogen (secondary N) is 1. The lowest BCUT2D eigenvalue weighted by Crippen LogP contribution is -2.41. The third-order valence-corrected chi connectivity index (χ3v) is 6.63. The lowest BCUT2D eigenvalue weighted by atomic mass is 10.2. The Labute approximate surface area is 200 Å². The van der Waals surface area contributed by atoms with E-state index in [1.165, 1.54) is 52.7 Å². The zero-order valence-electron chi connectivity index (χ0n) is 20.1. The Hall–Kier alpha value is -3.18. The minimum Gasteiger partial charge on any atom is -0.497 e. The van der Waals surface area contributed by atoms with Crippen LogP contribution in [0.1, 0.15) is 13.3 Å². The van der Waals surface area contributed by atoms with Crippen molar-refractivity contribution in [3.05, 3.63) is 36.4 Å². The van der Waals surface area contributed by atoms with E-state index in [-0.39, 0.29) is 22.1 Å². The van der Waals surface area contributed by atoms with Crippen LogP contribution in [0.25, 0.3) is 0 Å². The standard InChI is InChI=1S/C23H32N2O8S/c1-6-33-13-7-12-24-23(26)16-25(19-14-17(29-2)8-10-20(19)30-3)34(27,28)18-9-11-21(31-4)22(15-18)32-5/h8-11,14-15H,6-7,12-13,16H2,1-5H3,(H,24,26). The van der Waals surface area contributed by atoms with Gasteiger partial charge in [0.2, 0.25) is 5.91 Å². The first-order valence-electron chi connectivity index (χ1n) is 10.6. The van der Waals surface area contributed by atoms with Crippen LogP contribution in [-0.2, 0) is 19.6 Å². The van der Waals surface area contributed by atoms with Crippen LogP contribution >= 0.6 is 0 Å². The van der Waals surface area contributed by atoms with E-state index in [0.29, 0.717) is 37.7 Å². The van der Waals surface area contributed by atoms with Crippen molar-refractivity contribution in [2.24, 2.45) is 0 Å². The number of sulfonamides is 1. The van der Waals surface area contributed by atoms with E-state index in [0.717, 1.165) is 4.31 Å². The Morgan fingerprint density at radius 2 is 1.59 bits per heavy atom. The summed E-state index contributed by atoms with van der Waals surface area (Å²) in [5.74, 6) is 0.792. The van der Waals surface area contributed by atoms with Gasteiger partial charge in [-0.05, 0) is 37.6 Å². The first-order chi connectivity index (χ1) is 16.3. The number of hydrogen-bond donors (Lipinski definition) is 1. The smallest absolute Gasteiger partial charge is 0.265 e. The molecule has 0 bridgehead atoms. The van der Waals surface area contributed by atoms with E-state index in [1.54, 1.807) is 12.1 Å². The summed E-state index contributed by atoms with van der Waals surface area (Å²) in [6.07, 6.45) is 0.602. The number of carbonyl (C=O) groups is 1. The van der Waals surface area contributed by atoms with E-state index in [2.05, 4.69) is 5.32 Å². The maximum atomic E-state index is 13.8. The quantitative estimate of drug-likeness (QED) is 0.397. The molecule has 0 aliphatic carbocycles. The summed E-state index contributed by atoms with van der Waals surface area (Å²) in [6, 6.07) is 8.92. The first-order valence-corrected chi connectivity index (χ1v) is 12.1. The number of amides is 1. The van der Waals surface area contributed by atoms with E-state index < -0.39 is 22.5 Å². The largest absolute Gasteiger partial charge is 0.497 e. The van der Waals surface area contributed by atoms with Crippen molar-refractivity contribution in [1.82, 2.24) is 5.32 Å². The summed E-state index contributed by atoms with van der Waals surface area (Å²) in [5.41, 5.74) is 0.154. The summed E-state index contributed by atoms with van der Waals surface area (Å²) in [5, 5.41) is 2.73. The van der Waals surface area contributed by atoms with Gasteiger partial charge in [-0.15, -0.1) is 0 Å². The number of anilines is 1. The Morgan fingerprint density at radius 3 is 2.21 bits per heavy atom. The molecule has 2 aromatic carbocycles. The SMILES string of the molecule is CCOCCCNC(=O)CN(c1cc(OC)ccc1OC)S(=O)(=O)c1ccc(OC)c(OC)c1. The van der Waals surface area contributed by atoms with Gasteiger partial charge in [-0.25, -0.2) is 8.42 Å². The molecule has 188 valence electrons. The molecule has 0 spiro atoms. The molecule has 0 saturated heterocycles. The summed E-state index contributed by atoms with van der Waals surface area (Å²) >= 11 is 0. The lowest BCUT2D eigenvalue weighted by molar-refractivity contribution is -0.119. The van der Waals surface area contributed by atoms with Crippen molar-refractivity contribution in [1.29, 1.82) is 0 Å². The van der Waals surface area contributed by atoms with Crippen molar-refractivity contribution in [2.75, 3.05) is 59.0 Å². The van der Waals surface area contributed by atoms with E-state index in [1.807, 2.05) is 6.92 Å². The molecule has 1 amide bonds. The number of hydrogen-bond acceptors (Lipinski definition) is 8. The van der Waals surface area contributed by atoms with Crippen molar-refractivity contribution in [3.63, 3.8) is 0 Å². The first kappa shape index (κ1) is 27.1. The molecular weight excluding hydrogens is 464 g/mol. The maximum absolute atomic E-state index is 13.8. The van der Waals surface area contributed by atoms with Crippen molar-refractivity contribution >= 4 is 21.6 Å². The Bertz CT molecular complexity index is 1060. The minimum absolute atomic E-state index is 0.0841. The molecule has 0 aromatic heterocycles. The molecule has 0 fully saturated rings. The van der Waals surface area contributed by atoms with Crippen molar-refractivity contribution in [2.45, 2.75) is 18.2 Å². The number of methoxy groups -OCH3 is 4. The van der Waals surface area contributed by atoms with Gasteiger partial charge < -0.3 is 29.0 Å². The lowest BCUT2D eigenvalue weighted by Gasteiger charge is -2.26. The zero-order chi connectivity index (χ0) is 25.1. The number of benzene rings is 2. The molecule has 0 aliphatic rings. The van der Waals surface area contributed by atoms with Crippen LogP contribution < -0.4 is 28.6 Å². The van der Waals surface area contributed by atoms with Crippen molar-refractivity contribution < 1.29 is 36.9 Å². The van der Waals surface area contributed by atoms with Gasteiger partial charge in [0, 0.05) is 31.9 Å². The molecule has 10 nitrogen and oxygen atoms in total. The zero-order valence-corrected chi connectivity index (χ0v) is 20.9. The molecule has 0 radical (unpaired) electrons. The number of nitrogens with zero attached hydrogens (tertiary/aromatic N) is 1. The van der Waals surface area contributed by atoms with Crippen LogP contribution in [0.5, 0.6) is 23.0 Å². The van der Waals surface area contributed by atoms with Gasteiger partial charge in [-0.3, -0.25) is 9.10 Å². The summed E-state index contributed by atoms with van der Waals surface area (Å²) in [7, 11) is 1.52. The van der Waals surface area contributed by atoms with E-state index >= 15 is 0 Å². The molecule has 0 heterocycles. The average molecular weight is 497 g/mol. The second-order valence-electron chi connectivity index (χ2n) is 6.97. The molecule has 2 rings (SSSR count). The van der Waals surface area contributed by atoms with Crippen LogP contribution in [0, 0.1) is 0 Å². The highest BCUT2D eigenvalue weighted by molar-refractivity contribution is 7.92. The van der Waals surface area contributed by atoms with Crippen LogP contribution in [-0.4, -0.2) is 69.1 Å². The topological polar surface area (TPSA) is 113 Å². The molecule has 0 unspecified atom stereocenters. The minimum atomic E-state index is -4.23. The van der Waals surface area contributed by atoms with Gasteiger partial charge in [-0.1, -0.05) is 0 Å². The summed E-state index contributed by atoms with van der Waals surface area (Å²) in [6.45, 7) is 2.83. The Kier molecular flexibility index (Phi) is 10.3. The highest BCUT2D eigenvalue weighted by Crippen LogP contribution is 2.37. The van der Waals surface area contributed by atoms with Crippen molar-refractivity contribution in [3.8, 4) is 23.0 Å². The maximum Gasteiger partial charge on any atom is 0.265 e. The molecule has 0 aliphatic heterocycles. The third kappa shape index (κ3) is 6.67. The second kappa shape index (κ2) is 12.9. The predicted octanol–water partition coefficient (Wildman–Crippen LogP) is 2.46. The van der Waals surface area contributed by atoms with Gasteiger partial charge in [0.1, 0.15) is 18.0 Å². The molecule has 0 atom stereocenters. The van der Waals surface area contributed by atoms with Gasteiger partial charge in [0.25, 0.3) is 10.0 Å². The fourth-order valence-corrected chi connectivity index (χ4v) is 4.57. The van der Waals surface area contributed by atoms with Crippen LogP contribution in [0.3, 0.4) is 0 Å². The molecule has 34 heavy (non-hydrogen) atoms. The summed E-state index contributed by atoms with van der Waals surface area (Å²) in [4.78, 5) is 12.7. The highest BCUT2D eigenvalue weighted by Gasteiger charge is 2.30. The fourth-order valence-electron chi connectivity index (χ4n) is 3.13. The summed E-state index contributed by atoms with van der Waals surface area (Å²) < 4.78 is 54.9. The van der Waals surface area contributed by atoms with Crippen LogP contribution in [0.2, 0.25) is 0 Å². The van der Waals surface area contributed by atoms with E-state index in [9.17, 15) is 13.2 Å². The Morgan fingerprint density at radius 1 is 0.912 bits per heavy atom. The predicted molar refractivity (Wildman–Crippen MR) is 128 cm³/mol. The monoisotopic (exact) mass is 496 g/mol. The average Bonchev–Trinajstić information content (AvgIpc) is 2.86. The molecule has 11 heteroatoms. The molecular formula is C23H32N2O8S. The molecule has 1 N–H and O–H groups in total. The van der Waals surface area contributed by atoms with E-state index in [4.69, 9.17) is 23.7 Å². The molecule has 2 aromatic rings. The second-order valence-corrected chi connectivity index (χ2v) is 8.83. The van der Waals surface area contributed by atoms with Gasteiger partial charge in [0.15, 0.2) is 11.5 Å². The fraction of sp³-hybridized carbons (Fsp3) is 0.435. The molecule has 0 saturated carbocycles. The number of carbonyl (C=O) groups excluding carboxylic acids is 1. The highest BCUT2D eigenvalue weighted by atomic mass is 32.2. The number of ether oxygens (including phenoxy) is 5. The van der Waals surface area contributed by atoms with Crippen LogP contribution in [0.15, 0.2) is 41.3 Å².